The van der Waals surface area contributed by atoms with Gasteiger partial charge in [-0.1, -0.05) is 36.4 Å². The average molecular weight is 544 g/mol. The summed E-state index contributed by atoms with van der Waals surface area (Å²) in [5.41, 5.74) is 2.99. The molecule has 5 rings (SSSR count). The highest BCUT2D eigenvalue weighted by Crippen LogP contribution is 2.34. The smallest absolute Gasteiger partial charge is 0.416 e. The Morgan fingerprint density at radius 1 is 0.875 bits per heavy atom. The van der Waals surface area contributed by atoms with Crippen molar-refractivity contribution in [1.82, 2.24) is 20.1 Å². The number of pyridine rings is 1. The highest BCUT2D eigenvalue weighted by Gasteiger charge is 2.30. The number of amides is 1. The van der Waals surface area contributed by atoms with E-state index in [1.807, 2.05) is 54.7 Å². The third-order valence-corrected chi connectivity index (χ3v) is 6.09. The van der Waals surface area contributed by atoms with E-state index < -0.39 is 17.6 Å². The first-order chi connectivity index (χ1) is 19.3. The SMILES string of the molecule is O=C(NCCNc1cc(-c2cn(-c3ccccc3)nc2-c2cccc(O)c2)ccn1)c1cccc(C(F)(F)F)c1. The van der Waals surface area contributed by atoms with Crippen molar-refractivity contribution >= 4 is 11.7 Å². The van der Waals surface area contributed by atoms with E-state index >= 15 is 0 Å². The Balaban J connectivity index is 1.31. The molecule has 1 amide bonds. The van der Waals surface area contributed by atoms with Gasteiger partial charge in [0.05, 0.1) is 11.3 Å². The number of hydrogen-bond donors (Lipinski definition) is 3. The maximum Gasteiger partial charge on any atom is 0.416 e. The van der Waals surface area contributed by atoms with Crippen LogP contribution in [-0.2, 0) is 6.18 Å². The molecule has 0 spiro atoms. The van der Waals surface area contributed by atoms with Crippen LogP contribution in [0, 0.1) is 0 Å². The van der Waals surface area contributed by atoms with Crippen LogP contribution in [-0.4, -0.2) is 38.9 Å². The van der Waals surface area contributed by atoms with Crippen LogP contribution < -0.4 is 10.6 Å². The van der Waals surface area contributed by atoms with Crippen molar-refractivity contribution in [2.75, 3.05) is 18.4 Å². The van der Waals surface area contributed by atoms with Crippen molar-refractivity contribution < 1.29 is 23.1 Å². The summed E-state index contributed by atoms with van der Waals surface area (Å²) >= 11 is 0. The number of anilines is 1. The van der Waals surface area contributed by atoms with Crippen LogP contribution in [0.4, 0.5) is 19.0 Å². The third kappa shape index (κ3) is 6.12. The van der Waals surface area contributed by atoms with E-state index in [-0.39, 0.29) is 17.9 Å². The molecule has 7 nitrogen and oxygen atoms in total. The van der Waals surface area contributed by atoms with Crippen molar-refractivity contribution in [1.29, 1.82) is 0 Å². The number of rotatable bonds is 8. The standard InChI is InChI=1S/C30H24F3N5O2/c31-30(32,33)23-8-4-7-22(16-23)29(40)36-15-14-35-27-18-20(12-13-34-27)26-19-38(24-9-2-1-3-10-24)37-28(26)21-6-5-11-25(39)17-21/h1-13,16-19,39H,14-15H2,(H,34,35)(H,36,40). The number of para-hydroxylation sites is 1. The maximum absolute atomic E-state index is 12.9. The molecular weight excluding hydrogens is 519 g/mol. The summed E-state index contributed by atoms with van der Waals surface area (Å²) in [5, 5.41) is 20.6. The van der Waals surface area contributed by atoms with E-state index in [2.05, 4.69) is 15.6 Å². The number of hydrogen-bond acceptors (Lipinski definition) is 5. The van der Waals surface area contributed by atoms with E-state index in [4.69, 9.17) is 5.10 Å². The first-order valence-corrected chi connectivity index (χ1v) is 12.4. The number of carbonyl (C=O) groups is 1. The minimum absolute atomic E-state index is 0.0650. The molecule has 0 bridgehead atoms. The molecule has 40 heavy (non-hydrogen) atoms. The van der Waals surface area contributed by atoms with Crippen LogP contribution in [0.5, 0.6) is 5.75 Å². The number of alkyl halides is 3. The largest absolute Gasteiger partial charge is 0.508 e. The number of nitrogens with one attached hydrogen (secondary N) is 2. The van der Waals surface area contributed by atoms with Crippen molar-refractivity contribution in [3.05, 3.63) is 115 Å². The molecule has 0 saturated heterocycles. The van der Waals surface area contributed by atoms with Crippen molar-refractivity contribution in [3.8, 4) is 33.8 Å². The molecule has 0 atom stereocenters. The molecule has 5 aromatic rings. The zero-order valence-corrected chi connectivity index (χ0v) is 21.1. The molecule has 3 aromatic carbocycles. The lowest BCUT2D eigenvalue weighted by molar-refractivity contribution is -0.137. The van der Waals surface area contributed by atoms with E-state index in [1.54, 1.807) is 29.1 Å². The molecule has 0 fully saturated rings. The Kier molecular flexibility index (Phi) is 7.50. The van der Waals surface area contributed by atoms with Gasteiger partial charge in [0.15, 0.2) is 0 Å². The summed E-state index contributed by atoms with van der Waals surface area (Å²) in [7, 11) is 0. The topological polar surface area (TPSA) is 92.1 Å². The Labute approximate surface area is 227 Å². The van der Waals surface area contributed by atoms with Crippen LogP contribution in [0.25, 0.3) is 28.1 Å². The molecule has 2 heterocycles. The fraction of sp³-hybridized carbons (Fsp3) is 0.100. The normalized spacial score (nSPS) is 11.3. The van der Waals surface area contributed by atoms with Gasteiger partial charge in [-0.2, -0.15) is 18.3 Å². The molecule has 0 radical (unpaired) electrons. The maximum atomic E-state index is 12.9. The van der Waals surface area contributed by atoms with Crippen LogP contribution in [0.1, 0.15) is 15.9 Å². The summed E-state index contributed by atoms with van der Waals surface area (Å²) in [4.78, 5) is 16.7. The fourth-order valence-corrected chi connectivity index (χ4v) is 4.16. The molecule has 0 aliphatic heterocycles. The van der Waals surface area contributed by atoms with E-state index in [0.717, 1.165) is 34.5 Å². The number of nitrogens with zero attached hydrogens (tertiary/aromatic N) is 3. The molecule has 3 N–H and O–H groups in total. The third-order valence-electron chi connectivity index (χ3n) is 6.09. The van der Waals surface area contributed by atoms with E-state index in [1.165, 1.54) is 12.1 Å². The van der Waals surface area contributed by atoms with Crippen molar-refractivity contribution in [2.24, 2.45) is 0 Å². The highest BCUT2D eigenvalue weighted by molar-refractivity contribution is 5.94. The zero-order chi connectivity index (χ0) is 28.1. The number of phenolic OH excluding ortho intramolecular Hbond substituents is 1. The molecule has 2 aromatic heterocycles. The fourth-order valence-electron chi connectivity index (χ4n) is 4.16. The number of aromatic nitrogens is 3. The summed E-state index contributed by atoms with van der Waals surface area (Å²) < 4.78 is 40.6. The van der Waals surface area contributed by atoms with Crippen LogP contribution in [0.2, 0.25) is 0 Å². The number of halogens is 3. The average Bonchev–Trinajstić information content (AvgIpc) is 3.41. The lowest BCUT2D eigenvalue weighted by Gasteiger charge is -2.10. The minimum Gasteiger partial charge on any atom is -0.508 e. The van der Waals surface area contributed by atoms with Gasteiger partial charge < -0.3 is 15.7 Å². The Hall–Kier alpha value is -5.12. The van der Waals surface area contributed by atoms with Crippen molar-refractivity contribution in [3.63, 3.8) is 0 Å². The second-order valence-corrected chi connectivity index (χ2v) is 8.91. The van der Waals surface area contributed by atoms with Crippen LogP contribution >= 0.6 is 0 Å². The number of carbonyl (C=O) groups excluding carboxylic acids is 1. The predicted octanol–water partition coefficient (Wildman–Crippen LogP) is 6.17. The second-order valence-electron chi connectivity index (χ2n) is 8.91. The van der Waals surface area contributed by atoms with Gasteiger partial charge in [0.2, 0.25) is 0 Å². The summed E-state index contributed by atoms with van der Waals surface area (Å²) in [5.74, 6) is 0.0702. The molecule has 10 heteroatoms. The molecule has 0 aliphatic carbocycles. The molecule has 0 unspecified atom stereocenters. The van der Waals surface area contributed by atoms with Crippen molar-refractivity contribution in [2.45, 2.75) is 6.18 Å². The van der Waals surface area contributed by atoms with Crippen LogP contribution in [0.3, 0.4) is 0 Å². The van der Waals surface area contributed by atoms with E-state index in [9.17, 15) is 23.1 Å². The van der Waals surface area contributed by atoms with Gasteiger partial charge in [-0.25, -0.2) is 9.67 Å². The predicted molar refractivity (Wildman–Crippen MR) is 146 cm³/mol. The quantitative estimate of drug-likeness (QED) is 0.204. The second kappa shape index (κ2) is 11.3. The Bertz CT molecular complexity index is 1630. The lowest BCUT2D eigenvalue weighted by Crippen LogP contribution is -2.29. The minimum atomic E-state index is -4.52. The monoisotopic (exact) mass is 543 g/mol. The zero-order valence-electron chi connectivity index (χ0n) is 21.1. The van der Waals surface area contributed by atoms with Gasteiger partial charge in [0, 0.05) is 42.2 Å². The first kappa shape index (κ1) is 26.5. The Morgan fingerprint density at radius 3 is 2.45 bits per heavy atom. The summed E-state index contributed by atoms with van der Waals surface area (Å²) in [6.45, 7) is 0.464. The van der Waals surface area contributed by atoms with E-state index in [0.29, 0.717) is 18.1 Å². The van der Waals surface area contributed by atoms with Gasteiger partial charge in [-0.15, -0.1) is 0 Å². The van der Waals surface area contributed by atoms with Gasteiger partial charge in [0.25, 0.3) is 5.91 Å². The summed E-state index contributed by atoms with van der Waals surface area (Å²) in [6, 6.07) is 24.5. The first-order valence-electron chi connectivity index (χ1n) is 12.4. The number of benzene rings is 3. The van der Waals surface area contributed by atoms with Crippen LogP contribution in [0.15, 0.2) is 103 Å². The van der Waals surface area contributed by atoms with Gasteiger partial charge in [0.1, 0.15) is 17.3 Å². The summed E-state index contributed by atoms with van der Waals surface area (Å²) in [6.07, 6.45) is -0.971. The van der Waals surface area contributed by atoms with Gasteiger partial charge >= 0.3 is 6.18 Å². The number of aromatic hydroxyl groups is 1. The molecule has 202 valence electrons. The lowest BCUT2D eigenvalue weighted by atomic mass is 10.0. The highest BCUT2D eigenvalue weighted by atomic mass is 19.4. The van der Waals surface area contributed by atoms with Gasteiger partial charge in [-0.05, 0) is 60.2 Å². The Morgan fingerprint density at radius 2 is 1.68 bits per heavy atom. The van der Waals surface area contributed by atoms with Gasteiger partial charge in [-0.3, -0.25) is 4.79 Å². The molecule has 0 aliphatic rings. The molecule has 0 saturated carbocycles. The molecular formula is C30H24F3N5O2. The number of phenols is 1.